The van der Waals surface area contributed by atoms with E-state index < -0.39 is 17.3 Å². The number of aliphatic carboxylic acids is 1. The molecule has 2 bridgehead atoms. The molecule has 0 saturated carbocycles. The topological polar surface area (TPSA) is 63.9 Å². The Morgan fingerprint density at radius 1 is 1.05 bits per heavy atom. The molecule has 21 heavy (non-hydrogen) atoms. The molecule has 102 valence electrons. The molecular weight excluding hydrogens is 262 g/mol. The van der Waals surface area contributed by atoms with Gasteiger partial charge >= 0.3 is 0 Å². The molecule has 0 spiro atoms. The van der Waals surface area contributed by atoms with Crippen molar-refractivity contribution in [3.63, 3.8) is 0 Å². The lowest BCUT2D eigenvalue weighted by Gasteiger charge is -2.50. The third-order valence-electron chi connectivity index (χ3n) is 4.95. The van der Waals surface area contributed by atoms with Crippen LogP contribution in [0.2, 0.25) is 0 Å². The van der Waals surface area contributed by atoms with Crippen LogP contribution in [0.3, 0.4) is 0 Å². The lowest BCUT2D eigenvalue weighted by molar-refractivity contribution is -0.317. The summed E-state index contributed by atoms with van der Waals surface area (Å²) in [5.74, 6) is -1.74. The lowest BCUT2D eigenvalue weighted by atomic mass is 9.52. The van der Waals surface area contributed by atoms with E-state index in [1.54, 1.807) is 0 Å². The van der Waals surface area contributed by atoms with Gasteiger partial charge in [0.05, 0.1) is 12.0 Å². The van der Waals surface area contributed by atoms with Gasteiger partial charge in [-0.1, -0.05) is 48.5 Å². The van der Waals surface area contributed by atoms with Crippen LogP contribution in [-0.4, -0.2) is 5.97 Å². The molecule has 3 aliphatic carbocycles. The molecule has 1 atom stereocenters. The van der Waals surface area contributed by atoms with Crippen molar-refractivity contribution in [2.75, 3.05) is 0 Å². The molecule has 3 heteroatoms. The minimum atomic E-state index is -1.46. The largest absolute Gasteiger partial charge is 0.548 e. The first-order valence-electron chi connectivity index (χ1n) is 6.99. The second-order valence-electron chi connectivity index (χ2n) is 5.82. The highest BCUT2D eigenvalue weighted by Crippen LogP contribution is 2.60. The van der Waals surface area contributed by atoms with Gasteiger partial charge in [-0.2, -0.15) is 5.26 Å². The van der Waals surface area contributed by atoms with E-state index in [4.69, 9.17) is 0 Å². The first kappa shape index (κ1) is 12.2. The predicted octanol–water partition coefficient (Wildman–Crippen LogP) is 1.93. The molecule has 0 radical (unpaired) electrons. The zero-order chi connectivity index (χ0) is 14.6. The van der Waals surface area contributed by atoms with E-state index in [-0.39, 0.29) is 5.92 Å². The number of hydrogen-bond acceptors (Lipinski definition) is 3. The van der Waals surface area contributed by atoms with E-state index in [1.165, 1.54) is 0 Å². The maximum Gasteiger partial charge on any atom is 0.108 e. The van der Waals surface area contributed by atoms with Crippen molar-refractivity contribution in [2.24, 2.45) is 5.41 Å². The van der Waals surface area contributed by atoms with Gasteiger partial charge in [0.15, 0.2) is 0 Å². The van der Waals surface area contributed by atoms with Crippen LogP contribution in [0.15, 0.2) is 48.5 Å². The Bertz CT molecular complexity index is 757. The van der Waals surface area contributed by atoms with Crippen molar-refractivity contribution in [3.8, 4) is 6.07 Å². The summed E-state index contributed by atoms with van der Waals surface area (Å²) in [6, 6.07) is 17.8. The molecular formula is C18H12NO2-. The molecule has 0 aliphatic heterocycles. The van der Waals surface area contributed by atoms with Crippen molar-refractivity contribution in [2.45, 2.75) is 18.3 Å². The van der Waals surface area contributed by atoms with Crippen LogP contribution in [-0.2, 0) is 4.79 Å². The quantitative estimate of drug-likeness (QED) is 0.798. The van der Waals surface area contributed by atoms with Crippen LogP contribution in [0.1, 0.15) is 40.5 Å². The van der Waals surface area contributed by atoms with Crippen molar-refractivity contribution in [3.05, 3.63) is 70.8 Å². The van der Waals surface area contributed by atoms with Gasteiger partial charge in [-0.25, -0.2) is 0 Å². The molecule has 0 heterocycles. The zero-order valence-corrected chi connectivity index (χ0v) is 11.2. The highest BCUT2D eigenvalue weighted by Gasteiger charge is 2.54. The second kappa shape index (κ2) is 3.95. The van der Waals surface area contributed by atoms with Crippen LogP contribution in [0.5, 0.6) is 0 Å². The molecule has 0 amide bonds. The number of carbonyl (C=O) groups is 1. The fourth-order valence-corrected chi connectivity index (χ4v) is 4.06. The van der Waals surface area contributed by atoms with E-state index in [0.717, 1.165) is 22.3 Å². The smallest absolute Gasteiger partial charge is 0.108 e. The van der Waals surface area contributed by atoms with Gasteiger partial charge in [-0.15, -0.1) is 0 Å². The third kappa shape index (κ3) is 1.34. The molecule has 0 unspecified atom stereocenters. The van der Waals surface area contributed by atoms with Crippen molar-refractivity contribution in [1.29, 1.82) is 5.26 Å². The number of carboxylic acids is 1. The van der Waals surface area contributed by atoms with Gasteiger partial charge < -0.3 is 9.90 Å². The summed E-state index contributed by atoms with van der Waals surface area (Å²) in [7, 11) is 0. The van der Waals surface area contributed by atoms with Crippen LogP contribution in [0, 0.1) is 16.7 Å². The van der Waals surface area contributed by atoms with E-state index in [0.29, 0.717) is 6.42 Å². The van der Waals surface area contributed by atoms with Crippen molar-refractivity contribution < 1.29 is 9.90 Å². The van der Waals surface area contributed by atoms with Gasteiger partial charge in [0.25, 0.3) is 0 Å². The van der Waals surface area contributed by atoms with E-state index in [1.807, 2.05) is 48.5 Å². The van der Waals surface area contributed by atoms with Crippen LogP contribution < -0.4 is 5.11 Å². The molecule has 3 nitrogen and oxygen atoms in total. The fraction of sp³-hybridized carbons (Fsp3) is 0.222. The Morgan fingerprint density at radius 2 is 1.52 bits per heavy atom. The van der Waals surface area contributed by atoms with E-state index >= 15 is 0 Å². The SMILES string of the molecule is N#C[C@@]1(C(=O)[O-])CC2c3ccccc3C1c1ccccc12. The summed E-state index contributed by atoms with van der Waals surface area (Å²) in [5, 5.41) is 21.4. The Labute approximate surface area is 122 Å². The van der Waals surface area contributed by atoms with E-state index in [2.05, 4.69) is 6.07 Å². The lowest BCUT2D eigenvalue weighted by Crippen LogP contribution is -2.51. The average Bonchev–Trinajstić information content (AvgIpc) is 2.54. The van der Waals surface area contributed by atoms with Crippen molar-refractivity contribution in [1.82, 2.24) is 0 Å². The molecule has 0 fully saturated rings. The second-order valence-corrected chi connectivity index (χ2v) is 5.82. The van der Waals surface area contributed by atoms with E-state index in [9.17, 15) is 15.2 Å². The predicted molar refractivity (Wildman–Crippen MR) is 74.2 cm³/mol. The monoisotopic (exact) mass is 274 g/mol. The number of nitriles is 1. The summed E-state index contributed by atoms with van der Waals surface area (Å²) in [6.07, 6.45) is 0.296. The Morgan fingerprint density at radius 3 is 1.95 bits per heavy atom. The number of benzene rings is 2. The normalized spacial score (nSPS) is 28.3. The standard InChI is InChI=1S/C18H13NO2/c19-10-18(17(20)21)9-15-11-5-1-3-7-13(11)16(18)14-8-4-2-6-12(14)15/h1-8,15-16H,9H2,(H,20,21)/p-1/t15?,16?,18-/m0/s1. The first-order chi connectivity index (χ1) is 10.2. The Kier molecular flexibility index (Phi) is 2.29. The number of carboxylic acid groups (broad SMARTS) is 1. The minimum Gasteiger partial charge on any atom is -0.548 e. The maximum absolute atomic E-state index is 11.8. The van der Waals surface area contributed by atoms with Gasteiger partial charge in [-0.05, 0) is 28.7 Å². The minimum absolute atomic E-state index is 0.0417. The highest BCUT2D eigenvalue weighted by atomic mass is 16.4. The maximum atomic E-state index is 11.8. The summed E-state index contributed by atoms with van der Waals surface area (Å²) in [4.78, 5) is 11.8. The summed E-state index contributed by atoms with van der Waals surface area (Å²) < 4.78 is 0. The molecule has 0 saturated heterocycles. The van der Waals surface area contributed by atoms with Crippen LogP contribution in [0.25, 0.3) is 0 Å². The molecule has 3 aliphatic rings. The number of nitrogens with zero attached hydrogens (tertiary/aromatic N) is 1. The summed E-state index contributed by atoms with van der Waals surface area (Å²) in [5.41, 5.74) is 2.74. The number of rotatable bonds is 1. The number of hydrogen-bond donors (Lipinski definition) is 0. The molecule has 0 N–H and O–H groups in total. The van der Waals surface area contributed by atoms with Gasteiger partial charge in [0, 0.05) is 11.8 Å². The Hall–Kier alpha value is -2.60. The molecule has 5 rings (SSSR count). The first-order valence-corrected chi connectivity index (χ1v) is 6.99. The molecule has 0 aromatic heterocycles. The average molecular weight is 274 g/mol. The van der Waals surface area contributed by atoms with Crippen molar-refractivity contribution >= 4 is 5.97 Å². The summed E-state index contributed by atoms with van der Waals surface area (Å²) >= 11 is 0. The number of carbonyl (C=O) groups excluding carboxylic acids is 1. The van der Waals surface area contributed by atoms with Crippen LogP contribution in [0.4, 0.5) is 0 Å². The van der Waals surface area contributed by atoms with Gasteiger partial charge in [0.2, 0.25) is 0 Å². The fourth-order valence-electron chi connectivity index (χ4n) is 4.06. The zero-order valence-electron chi connectivity index (χ0n) is 11.2. The third-order valence-corrected chi connectivity index (χ3v) is 4.95. The highest BCUT2D eigenvalue weighted by molar-refractivity contribution is 5.82. The number of fused-ring (bicyclic) bond motifs is 1. The van der Waals surface area contributed by atoms with Gasteiger partial charge in [-0.3, -0.25) is 0 Å². The van der Waals surface area contributed by atoms with Gasteiger partial charge in [0.1, 0.15) is 5.41 Å². The Balaban J connectivity index is 2.08. The molecule has 2 aromatic carbocycles. The molecule has 2 aromatic rings. The summed E-state index contributed by atoms with van der Waals surface area (Å²) in [6.45, 7) is 0. The van der Waals surface area contributed by atoms with Crippen LogP contribution >= 0.6 is 0 Å².